The minimum Gasteiger partial charge on any atom is -0.437 e. The van der Waals surface area contributed by atoms with E-state index in [-0.39, 0.29) is 18.6 Å². The lowest BCUT2D eigenvalue weighted by atomic mass is 9.96. The monoisotopic (exact) mass is 199 g/mol. The Labute approximate surface area is 85.6 Å². The molecule has 1 amide bonds. The number of hydrogen-bond donors (Lipinski definition) is 2. The Morgan fingerprint density at radius 3 is 2.86 bits per heavy atom. The highest BCUT2D eigenvalue weighted by atomic mass is 16.4. The third-order valence-corrected chi connectivity index (χ3v) is 1.58. The van der Waals surface area contributed by atoms with Crippen molar-refractivity contribution >= 4 is 13.4 Å². The van der Waals surface area contributed by atoms with Gasteiger partial charge in [-0.3, -0.25) is 4.79 Å². The van der Waals surface area contributed by atoms with Crippen molar-refractivity contribution < 1.29 is 14.6 Å². The van der Waals surface area contributed by atoms with Gasteiger partial charge in [0.25, 0.3) is 7.48 Å². The molecule has 0 fully saturated rings. The molecule has 0 radical (unpaired) electrons. The zero-order chi connectivity index (χ0) is 11.0. The van der Waals surface area contributed by atoms with E-state index in [0.717, 1.165) is 0 Å². The number of aliphatic hydroxyl groups is 1. The van der Waals surface area contributed by atoms with Gasteiger partial charge in [-0.15, -0.1) is 0 Å². The molecule has 80 valence electrons. The molecule has 1 atom stereocenters. The summed E-state index contributed by atoms with van der Waals surface area (Å²) in [6, 6.07) is -0.0297. The predicted octanol–water partition coefficient (Wildman–Crippen LogP) is -0.154. The van der Waals surface area contributed by atoms with E-state index in [0.29, 0.717) is 26.0 Å². The predicted molar refractivity (Wildman–Crippen MR) is 57.4 cm³/mol. The van der Waals surface area contributed by atoms with Crippen LogP contribution in [0.5, 0.6) is 0 Å². The third-order valence-electron chi connectivity index (χ3n) is 1.58. The fourth-order valence-corrected chi connectivity index (χ4v) is 0.815. The summed E-state index contributed by atoms with van der Waals surface area (Å²) in [4.78, 5) is 11.1. The molecule has 0 aliphatic heterocycles. The molecule has 0 aliphatic carbocycles. The maximum Gasteiger partial charge on any atom is 0.277 e. The molecule has 0 spiro atoms. The van der Waals surface area contributed by atoms with Gasteiger partial charge in [0.2, 0.25) is 5.91 Å². The molecule has 0 rings (SSSR count). The summed E-state index contributed by atoms with van der Waals surface area (Å²) in [7, 11) is 0.518. The third kappa shape index (κ3) is 6.68. The molecule has 0 bridgehead atoms. The maximum absolute atomic E-state index is 11.1. The van der Waals surface area contributed by atoms with Gasteiger partial charge in [-0.25, -0.2) is 0 Å². The van der Waals surface area contributed by atoms with Crippen LogP contribution in [-0.4, -0.2) is 37.8 Å². The van der Waals surface area contributed by atoms with E-state index in [1.165, 1.54) is 0 Å². The Hall–Kier alpha value is -0.805. The molecule has 2 N–H and O–H groups in total. The summed E-state index contributed by atoms with van der Waals surface area (Å²) < 4.78 is 5.21. The first-order chi connectivity index (χ1) is 6.57. The van der Waals surface area contributed by atoms with Crippen molar-refractivity contribution in [3.63, 3.8) is 0 Å². The standard InChI is InChI=1S/C9H18BNO3/c1-7(2)9(13)11-8(3)6-14-10-4-5-12/h8,10,12H,1,4-6H2,2-3H3,(H,11,13). The van der Waals surface area contributed by atoms with E-state index >= 15 is 0 Å². The fraction of sp³-hybridized carbons (Fsp3) is 0.667. The molecule has 0 saturated heterocycles. The Morgan fingerprint density at radius 2 is 2.36 bits per heavy atom. The first-order valence-corrected chi connectivity index (χ1v) is 4.73. The molecule has 0 aromatic rings. The largest absolute Gasteiger partial charge is 0.437 e. The van der Waals surface area contributed by atoms with Crippen LogP contribution < -0.4 is 5.32 Å². The Bertz CT molecular complexity index is 196. The minimum atomic E-state index is -0.150. The van der Waals surface area contributed by atoms with Crippen LogP contribution in [0.1, 0.15) is 13.8 Å². The van der Waals surface area contributed by atoms with Crippen LogP contribution >= 0.6 is 0 Å². The van der Waals surface area contributed by atoms with Gasteiger partial charge in [0.1, 0.15) is 0 Å². The number of amides is 1. The molecule has 0 aromatic carbocycles. The molecule has 5 heteroatoms. The van der Waals surface area contributed by atoms with Crippen LogP contribution in [0.25, 0.3) is 0 Å². The second kappa shape index (κ2) is 7.59. The minimum absolute atomic E-state index is 0.0297. The van der Waals surface area contributed by atoms with Gasteiger partial charge in [0, 0.05) is 24.8 Å². The van der Waals surface area contributed by atoms with Crippen LogP contribution in [0.2, 0.25) is 6.32 Å². The smallest absolute Gasteiger partial charge is 0.277 e. The number of rotatable bonds is 7. The number of nitrogens with one attached hydrogen (secondary N) is 1. The molecule has 0 aliphatic rings. The number of hydrogen-bond acceptors (Lipinski definition) is 3. The zero-order valence-electron chi connectivity index (χ0n) is 8.88. The Morgan fingerprint density at radius 1 is 1.71 bits per heavy atom. The lowest BCUT2D eigenvalue weighted by Gasteiger charge is -2.13. The summed E-state index contributed by atoms with van der Waals surface area (Å²) in [5.41, 5.74) is 0.493. The van der Waals surface area contributed by atoms with Crippen molar-refractivity contribution in [1.82, 2.24) is 5.32 Å². The average Bonchev–Trinajstić information content (AvgIpc) is 2.12. The van der Waals surface area contributed by atoms with Crippen LogP contribution in [0.4, 0.5) is 0 Å². The van der Waals surface area contributed by atoms with Crippen molar-refractivity contribution in [2.45, 2.75) is 26.2 Å². The van der Waals surface area contributed by atoms with Gasteiger partial charge >= 0.3 is 0 Å². The first-order valence-electron chi connectivity index (χ1n) is 4.73. The van der Waals surface area contributed by atoms with Gasteiger partial charge < -0.3 is 15.1 Å². The number of aliphatic hydroxyl groups excluding tert-OH is 1. The van der Waals surface area contributed by atoms with Crippen LogP contribution in [-0.2, 0) is 9.45 Å². The van der Waals surface area contributed by atoms with Gasteiger partial charge in [-0.05, 0) is 20.2 Å². The van der Waals surface area contributed by atoms with E-state index in [2.05, 4.69) is 11.9 Å². The molecule has 1 unspecified atom stereocenters. The lowest BCUT2D eigenvalue weighted by molar-refractivity contribution is -0.118. The molecule has 0 aromatic heterocycles. The number of carbonyl (C=O) groups excluding carboxylic acids is 1. The van der Waals surface area contributed by atoms with Crippen molar-refractivity contribution in [3.05, 3.63) is 12.2 Å². The maximum atomic E-state index is 11.1. The number of carbonyl (C=O) groups is 1. The highest BCUT2D eigenvalue weighted by Gasteiger charge is 2.07. The normalized spacial score (nSPS) is 11.9. The van der Waals surface area contributed by atoms with Crippen LogP contribution in [0, 0.1) is 0 Å². The van der Waals surface area contributed by atoms with E-state index in [1.54, 1.807) is 6.92 Å². The van der Waals surface area contributed by atoms with E-state index in [4.69, 9.17) is 9.76 Å². The Kier molecular flexibility index (Phi) is 7.15. The molecular formula is C9H18BNO3. The molecule has 0 saturated carbocycles. The van der Waals surface area contributed by atoms with Crippen molar-refractivity contribution in [2.24, 2.45) is 0 Å². The van der Waals surface area contributed by atoms with Crippen molar-refractivity contribution in [1.29, 1.82) is 0 Å². The van der Waals surface area contributed by atoms with Crippen LogP contribution in [0.15, 0.2) is 12.2 Å². The molecular weight excluding hydrogens is 181 g/mol. The molecule has 4 nitrogen and oxygen atoms in total. The second-order valence-corrected chi connectivity index (χ2v) is 3.31. The highest BCUT2D eigenvalue weighted by molar-refractivity contribution is 6.27. The summed E-state index contributed by atoms with van der Waals surface area (Å²) in [6.07, 6.45) is 0.626. The summed E-state index contributed by atoms with van der Waals surface area (Å²) in [5.74, 6) is -0.150. The molecule has 0 heterocycles. The first kappa shape index (κ1) is 13.2. The summed E-state index contributed by atoms with van der Waals surface area (Å²) in [6.45, 7) is 7.64. The fourth-order valence-electron chi connectivity index (χ4n) is 0.815. The van der Waals surface area contributed by atoms with Crippen molar-refractivity contribution in [2.75, 3.05) is 13.2 Å². The Balaban J connectivity index is 3.50. The van der Waals surface area contributed by atoms with Gasteiger partial charge in [0.15, 0.2) is 0 Å². The van der Waals surface area contributed by atoms with Crippen molar-refractivity contribution in [3.8, 4) is 0 Å². The van der Waals surface area contributed by atoms with Gasteiger partial charge in [-0.2, -0.15) is 0 Å². The van der Waals surface area contributed by atoms with Crippen LogP contribution in [0.3, 0.4) is 0 Å². The molecule has 14 heavy (non-hydrogen) atoms. The summed E-state index contributed by atoms with van der Waals surface area (Å²) >= 11 is 0. The zero-order valence-corrected chi connectivity index (χ0v) is 8.88. The van der Waals surface area contributed by atoms with E-state index in [9.17, 15) is 4.79 Å². The second-order valence-electron chi connectivity index (χ2n) is 3.31. The summed E-state index contributed by atoms with van der Waals surface area (Å²) in [5, 5.41) is 11.2. The SMILES string of the molecule is C=C(C)C(=O)NC(C)COBCCO. The van der Waals surface area contributed by atoms with Gasteiger partial charge in [-0.1, -0.05) is 6.58 Å². The topological polar surface area (TPSA) is 58.6 Å². The van der Waals surface area contributed by atoms with Gasteiger partial charge in [0.05, 0.1) is 0 Å². The average molecular weight is 199 g/mol. The van der Waals surface area contributed by atoms with E-state index < -0.39 is 0 Å². The highest BCUT2D eigenvalue weighted by Crippen LogP contribution is 1.90. The quantitative estimate of drug-likeness (QED) is 0.340. The lowest BCUT2D eigenvalue weighted by Crippen LogP contribution is -2.36. The van der Waals surface area contributed by atoms with E-state index in [1.807, 2.05) is 6.92 Å².